The van der Waals surface area contributed by atoms with Gasteiger partial charge in [0.2, 0.25) is 0 Å². The molecule has 0 saturated carbocycles. The highest BCUT2D eigenvalue weighted by Gasteiger charge is 2.42. The first-order valence-electron chi connectivity index (χ1n) is 11.8. The molecule has 0 aliphatic carbocycles. The topological polar surface area (TPSA) is 83.8 Å². The average Bonchev–Trinajstić information content (AvgIpc) is 2.67. The maximum Gasteiger partial charge on any atom is 0.308 e. The van der Waals surface area contributed by atoms with Crippen molar-refractivity contribution in [3.8, 4) is 0 Å². The summed E-state index contributed by atoms with van der Waals surface area (Å²) in [6, 6.07) is 0. The molecule has 5 nitrogen and oxygen atoms in total. The van der Waals surface area contributed by atoms with Gasteiger partial charge in [0.05, 0.1) is 18.1 Å². The predicted octanol–water partition coefficient (Wildman–Crippen LogP) is 6.24. The Kier molecular flexibility index (Phi) is 11.8. The third kappa shape index (κ3) is 8.60. The van der Waals surface area contributed by atoms with Crippen LogP contribution in [-0.2, 0) is 14.0 Å². The number of carboxylic acids is 1. The molecule has 6 heteroatoms. The van der Waals surface area contributed by atoms with Crippen LogP contribution in [0.4, 0.5) is 0 Å². The Morgan fingerprint density at radius 1 is 1.09 bits per heavy atom. The molecule has 0 aliphatic rings. The maximum atomic E-state index is 13.3. The fourth-order valence-electron chi connectivity index (χ4n) is 3.64. The van der Waals surface area contributed by atoms with Crippen LogP contribution in [-0.4, -0.2) is 42.5 Å². The van der Waals surface area contributed by atoms with Crippen molar-refractivity contribution in [1.29, 1.82) is 0 Å². The number of carbonyl (C=O) groups is 2. The van der Waals surface area contributed by atoms with Gasteiger partial charge in [-0.25, -0.2) is 0 Å². The van der Waals surface area contributed by atoms with Gasteiger partial charge in [0, 0.05) is 11.8 Å². The molecule has 0 aromatic rings. The van der Waals surface area contributed by atoms with Crippen molar-refractivity contribution < 1.29 is 24.2 Å². The summed E-state index contributed by atoms with van der Waals surface area (Å²) >= 11 is 0. The van der Waals surface area contributed by atoms with Crippen LogP contribution in [0.15, 0.2) is 23.8 Å². The summed E-state index contributed by atoms with van der Waals surface area (Å²) in [5.74, 6) is -2.56. The lowest BCUT2D eigenvalue weighted by molar-refractivity contribution is -0.146. The Labute approximate surface area is 197 Å². The van der Waals surface area contributed by atoms with Gasteiger partial charge < -0.3 is 14.6 Å². The Morgan fingerprint density at radius 3 is 2.00 bits per heavy atom. The molecule has 32 heavy (non-hydrogen) atoms. The molecular formula is C26H48O5Si. The number of aliphatic hydroxyl groups excluding tert-OH is 1. The molecule has 0 amide bonds. The van der Waals surface area contributed by atoms with Crippen LogP contribution in [0.1, 0.15) is 75.2 Å². The van der Waals surface area contributed by atoms with Crippen LogP contribution in [0, 0.1) is 23.7 Å². The van der Waals surface area contributed by atoms with Crippen molar-refractivity contribution in [3.63, 3.8) is 0 Å². The maximum absolute atomic E-state index is 13.3. The van der Waals surface area contributed by atoms with Gasteiger partial charge in [-0.3, -0.25) is 9.59 Å². The summed E-state index contributed by atoms with van der Waals surface area (Å²) in [6.45, 7) is 26.3. The Hall–Kier alpha value is -1.24. The molecule has 0 spiro atoms. The minimum Gasteiger partial charge on any atom is -0.481 e. The zero-order chi connectivity index (χ0) is 25.6. The normalized spacial score (nSPS) is 18.9. The smallest absolute Gasteiger partial charge is 0.308 e. The van der Waals surface area contributed by atoms with Crippen molar-refractivity contribution in [2.45, 2.75) is 105 Å². The molecule has 186 valence electrons. The van der Waals surface area contributed by atoms with Crippen LogP contribution in [0.5, 0.6) is 0 Å². The molecule has 0 heterocycles. The molecule has 2 N–H and O–H groups in total. The van der Waals surface area contributed by atoms with E-state index in [1.54, 1.807) is 0 Å². The summed E-state index contributed by atoms with van der Waals surface area (Å²) in [7, 11) is -2.08. The van der Waals surface area contributed by atoms with Crippen LogP contribution in [0.2, 0.25) is 18.1 Å². The van der Waals surface area contributed by atoms with E-state index in [4.69, 9.17) is 9.53 Å². The third-order valence-corrected chi connectivity index (χ3v) is 11.6. The number of carboxylic acid groups (broad SMARTS) is 1. The van der Waals surface area contributed by atoms with E-state index >= 15 is 0 Å². The monoisotopic (exact) mass is 468 g/mol. The number of ketones is 1. The highest BCUT2D eigenvalue weighted by atomic mass is 28.4. The largest absolute Gasteiger partial charge is 0.481 e. The number of hydrogen-bond acceptors (Lipinski definition) is 4. The fourth-order valence-corrected chi connectivity index (χ4v) is 5.00. The Morgan fingerprint density at radius 2 is 1.59 bits per heavy atom. The highest BCUT2D eigenvalue weighted by Crippen LogP contribution is 2.39. The number of Topliss-reactive ketones (excluding diaryl/α,β-unsaturated/α-hetero) is 1. The lowest BCUT2D eigenvalue weighted by atomic mass is 9.85. The zero-order valence-corrected chi connectivity index (χ0v) is 23.3. The van der Waals surface area contributed by atoms with Gasteiger partial charge in [-0.2, -0.15) is 0 Å². The van der Waals surface area contributed by atoms with Crippen molar-refractivity contribution in [2.24, 2.45) is 23.7 Å². The van der Waals surface area contributed by atoms with E-state index in [2.05, 4.69) is 40.4 Å². The van der Waals surface area contributed by atoms with E-state index in [0.29, 0.717) is 6.42 Å². The lowest BCUT2D eigenvalue weighted by Gasteiger charge is -2.41. The second kappa shape index (κ2) is 12.3. The van der Waals surface area contributed by atoms with Gasteiger partial charge in [-0.1, -0.05) is 66.7 Å². The van der Waals surface area contributed by atoms with Crippen molar-refractivity contribution >= 4 is 20.1 Å². The highest BCUT2D eigenvalue weighted by molar-refractivity contribution is 6.74. The van der Waals surface area contributed by atoms with Gasteiger partial charge in [-0.05, 0) is 56.3 Å². The van der Waals surface area contributed by atoms with Gasteiger partial charge in [0.1, 0.15) is 5.78 Å². The predicted molar refractivity (Wildman–Crippen MR) is 135 cm³/mol. The first-order chi connectivity index (χ1) is 14.4. The molecule has 0 aromatic carbocycles. The van der Waals surface area contributed by atoms with Crippen LogP contribution < -0.4 is 0 Å². The summed E-state index contributed by atoms with van der Waals surface area (Å²) in [5.41, 5.74) is 1.92. The third-order valence-electron chi connectivity index (χ3n) is 7.10. The summed E-state index contributed by atoms with van der Waals surface area (Å²) in [5, 5.41) is 19.4. The molecule has 0 aromatic heterocycles. The number of rotatable bonds is 13. The molecule has 0 bridgehead atoms. The quantitative estimate of drug-likeness (QED) is 0.247. The van der Waals surface area contributed by atoms with E-state index < -0.39 is 26.3 Å². The van der Waals surface area contributed by atoms with Gasteiger partial charge in [-0.15, -0.1) is 0 Å². The minimum absolute atomic E-state index is 0.0359. The van der Waals surface area contributed by atoms with Crippen molar-refractivity contribution in [1.82, 2.24) is 0 Å². The van der Waals surface area contributed by atoms with Crippen LogP contribution in [0.3, 0.4) is 0 Å². The molecule has 0 unspecified atom stereocenters. The molecule has 0 rings (SSSR count). The number of allylic oxidation sites excluding steroid dienone is 2. The van der Waals surface area contributed by atoms with Crippen LogP contribution in [0.25, 0.3) is 0 Å². The second-order valence-electron chi connectivity index (χ2n) is 11.1. The summed E-state index contributed by atoms with van der Waals surface area (Å²) in [6.07, 6.45) is 2.00. The molecule has 0 radical (unpaired) electrons. The summed E-state index contributed by atoms with van der Waals surface area (Å²) < 4.78 is 6.65. The Bertz CT molecular complexity index is 689. The molecule has 6 atom stereocenters. The van der Waals surface area contributed by atoms with Gasteiger partial charge in [0.15, 0.2) is 8.32 Å². The number of hydrogen-bond donors (Lipinski definition) is 2. The van der Waals surface area contributed by atoms with E-state index in [0.717, 1.165) is 17.6 Å². The molecular weight excluding hydrogens is 420 g/mol. The molecule has 0 fully saturated rings. The van der Waals surface area contributed by atoms with Gasteiger partial charge in [0.25, 0.3) is 0 Å². The average molecular weight is 469 g/mol. The van der Waals surface area contributed by atoms with Gasteiger partial charge >= 0.3 is 5.97 Å². The standard InChI is InChI=1S/C26H48O5Si/c1-13-17(3)24(31-32(11,12)26(8,9)10)20(6)22(27)18(4)14-16(2)15-19(5)23(28)21(7)25(29)30/h14,18-21,23-24,28H,3,13,15H2,1-2,4-12H3,(H,29,30)/b16-14+/t18-,19+,20-,21-,23-,24-/m1/s1. The van der Waals surface area contributed by atoms with E-state index in [9.17, 15) is 14.7 Å². The first-order valence-corrected chi connectivity index (χ1v) is 14.8. The SMILES string of the molecule is C=C(CC)[C@@H](O[Si](C)(C)C(C)(C)C)[C@H](C)C(=O)[C@H](C)/C=C(\C)C[C@H](C)[C@@H](O)[C@@H](C)C(=O)O. The van der Waals surface area contributed by atoms with Crippen molar-refractivity contribution in [3.05, 3.63) is 23.8 Å². The number of aliphatic carboxylic acids is 1. The summed E-state index contributed by atoms with van der Waals surface area (Å²) in [4.78, 5) is 24.5. The molecule has 0 aliphatic heterocycles. The number of aliphatic hydroxyl groups is 1. The minimum atomic E-state index is -2.08. The Balaban J connectivity index is 5.48. The zero-order valence-electron chi connectivity index (χ0n) is 22.3. The van der Waals surface area contributed by atoms with E-state index in [-0.39, 0.29) is 34.7 Å². The van der Waals surface area contributed by atoms with E-state index in [1.165, 1.54) is 6.92 Å². The second-order valence-corrected chi connectivity index (χ2v) is 15.9. The van der Waals surface area contributed by atoms with Crippen molar-refractivity contribution in [2.75, 3.05) is 0 Å². The first kappa shape index (κ1) is 30.8. The lowest BCUT2D eigenvalue weighted by Crippen LogP contribution is -2.47. The fraction of sp³-hybridized carbons (Fsp3) is 0.769. The molecule has 0 saturated heterocycles. The number of carbonyl (C=O) groups excluding carboxylic acids is 1. The van der Waals surface area contributed by atoms with Crippen LogP contribution >= 0.6 is 0 Å². The van der Waals surface area contributed by atoms with E-state index in [1.807, 2.05) is 40.7 Å².